The summed E-state index contributed by atoms with van der Waals surface area (Å²) >= 11 is 2.29. The van der Waals surface area contributed by atoms with Crippen LogP contribution in [0.2, 0.25) is 0 Å². The van der Waals surface area contributed by atoms with Crippen LogP contribution in [-0.2, 0) is 0 Å². The third-order valence-corrected chi connectivity index (χ3v) is 3.80. The van der Waals surface area contributed by atoms with Gasteiger partial charge in [0.2, 0.25) is 0 Å². The van der Waals surface area contributed by atoms with Crippen molar-refractivity contribution in [2.45, 2.75) is 20.8 Å². The van der Waals surface area contributed by atoms with Gasteiger partial charge in [0.05, 0.1) is 15.9 Å². The fourth-order valence-corrected chi connectivity index (χ4v) is 2.66. The number of hydrogen-bond donors (Lipinski definition) is 0. The summed E-state index contributed by atoms with van der Waals surface area (Å²) in [7, 11) is 0. The first-order valence-electron chi connectivity index (χ1n) is 6.64. The summed E-state index contributed by atoms with van der Waals surface area (Å²) in [4.78, 5) is 4.56. The van der Waals surface area contributed by atoms with E-state index >= 15 is 0 Å². The van der Waals surface area contributed by atoms with Crippen LogP contribution in [-0.4, -0.2) is 12.8 Å². The predicted octanol–water partition coefficient (Wildman–Crippen LogP) is 5.06. The number of aliphatic imine (C=N–C) groups is 1. The van der Waals surface area contributed by atoms with Crippen molar-refractivity contribution < 1.29 is 4.74 Å². The van der Waals surface area contributed by atoms with E-state index in [0.717, 1.165) is 20.6 Å². The van der Waals surface area contributed by atoms with E-state index in [9.17, 15) is 0 Å². The Bertz CT molecular complexity index is 635. The van der Waals surface area contributed by atoms with Crippen LogP contribution in [0.5, 0.6) is 5.75 Å². The van der Waals surface area contributed by atoms with Crippen LogP contribution in [0.3, 0.4) is 0 Å². The van der Waals surface area contributed by atoms with Crippen molar-refractivity contribution in [3.8, 4) is 5.75 Å². The normalized spacial score (nSPS) is 11.0. The Balaban J connectivity index is 2.21. The van der Waals surface area contributed by atoms with E-state index in [4.69, 9.17) is 4.74 Å². The first-order chi connectivity index (χ1) is 9.60. The molecule has 104 valence electrons. The highest BCUT2D eigenvalue weighted by atomic mass is 127. The number of aryl methyl sites for hydroxylation is 2. The van der Waals surface area contributed by atoms with Gasteiger partial charge in [-0.2, -0.15) is 0 Å². The highest BCUT2D eigenvalue weighted by molar-refractivity contribution is 14.1. The zero-order valence-corrected chi connectivity index (χ0v) is 14.1. The molecule has 3 heteroatoms. The molecule has 0 saturated heterocycles. The van der Waals surface area contributed by atoms with Crippen LogP contribution in [0.25, 0.3) is 0 Å². The second kappa shape index (κ2) is 6.88. The van der Waals surface area contributed by atoms with Gasteiger partial charge < -0.3 is 4.74 Å². The van der Waals surface area contributed by atoms with Gasteiger partial charge >= 0.3 is 0 Å². The minimum absolute atomic E-state index is 0.687. The molecule has 0 spiro atoms. The predicted molar refractivity (Wildman–Crippen MR) is 93.5 cm³/mol. The molecule has 2 rings (SSSR count). The third kappa shape index (κ3) is 3.82. The van der Waals surface area contributed by atoms with E-state index in [1.807, 2.05) is 25.3 Å². The second-order valence-electron chi connectivity index (χ2n) is 4.67. The number of nitrogens with zero attached hydrogens (tertiary/aromatic N) is 1. The summed E-state index contributed by atoms with van der Waals surface area (Å²) in [6.07, 6.45) is 1.90. The summed E-state index contributed by atoms with van der Waals surface area (Å²) in [5, 5.41) is 0. The van der Waals surface area contributed by atoms with Gasteiger partial charge in [0, 0.05) is 6.21 Å². The molecule has 0 unspecified atom stereocenters. The molecule has 2 aromatic rings. The fraction of sp³-hybridized carbons (Fsp3) is 0.235. The van der Waals surface area contributed by atoms with Gasteiger partial charge in [0.15, 0.2) is 0 Å². The maximum Gasteiger partial charge on any atom is 0.132 e. The highest BCUT2D eigenvalue weighted by Gasteiger charge is 2.01. The van der Waals surface area contributed by atoms with Crippen molar-refractivity contribution in [3.05, 3.63) is 56.7 Å². The van der Waals surface area contributed by atoms with Crippen LogP contribution in [0.1, 0.15) is 23.6 Å². The van der Waals surface area contributed by atoms with E-state index < -0.39 is 0 Å². The molecule has 0 aromatic heterocycles. The molecule has 0 N–H and O–H groups in total. The maximum atomic E-state index is 5.53. The highest BCUT2D eigenvalue weighted by Crippen LogP contribution is 2.23. The topological polar surface area (TPSA) is 21.6 Å². The Morgan fingerprint density at radius 2 is 1.95 bits per heavy atom. The lowest BCUT2D eigenvalue weighted by atomic mass is 10.1. The smallest absolute Gasteiger partial charge is 0.132 e. The molecule has 0 saturated carbocycles. The van der Waals surface area contributed by atoms with Gasteiger partial charge in [-0.1, -0.05) is 17.7 Å². The standard InChI is InChI=1S/C17H18INO/c1-4-20-17-8-6-14(10-15(17)18)11-19-16-7-5-12(2)9-13(16)3/h5-11H,4H2,1-3H3. The molecular formula is C17H18INO. The van der Waals surface area contributed by atoms with Gasteiger partial charge in [-0.25, -0.2) is 0 Å². The Hall–Kier alpha value is -1.36. The van der Waals surface area contributed by atoms with Crippen LogP contribution >= 0.6 is 22.6 Å². The van der Waals surface area contributed by atoms with E-state index in [1.54, 1.807) is 0 Å². The zero-order valence-electron chi connectivity index (χ0n) is 12.0. The van der Waals surface area contributed by atoms with Crippen molar-refractivity contribution in [2.75, 3.05) is 6.61 Å². The maximum absolute atomic E-state index is 5.53. The van der Waals surface area contributed by atoms with E-state index in [2.05, 4.69) is 65.7 Å². The Kier molecular flexibility index (Phi) is 5.17. The van der Waals surface area contributed by atoms with Crippen molar-refractivity contribution in [3.63, 3.8) is 0 Å². The molecule has 0 heterocycles. The lowest BCUT2D eigenvalue weighted by molar-refractivity contribution is 0.338. The number of rotatable bonds is 4. The molecular weight excluding hydrogens is 361 g/mol. The molecule has 0 aliphatic rings. The van der Waals surface area contributed by atoms with Crippen molar-refractivity contribution >= 4 is 34.5 Å². The summed E-state index contributed by atoms with van der Waals surface area (Å²) in [5.74, 6) is 0.928. The average molecular weight is 379 g/mol. The Morgan fingerprint density at radius 1 is 1.15 bits per heavy atom. The number of ether oxygens (including phenoxy) is 1. The molecule has 0 aliphatic carbocycles. The fourth-order valence-electron chi connectivity index (χ4n) is 1.96. The van der Waals surface area contributed by atoms with E-state index in [1.165, 1.54) is 11.1 Å². The van der Waals surface area contributed by atoms with E-state index in [0.29, 0.717) is 6.61 Å². The van der Waals surface area contributed by atoms with Crippen molar-refractivity contribution in [1.82, 2.24) is 0 Å². The summed E-state index contributed by atoms with van der Waals surface area (Å²) in [5.41, 5.74) is 4.55. The lowest BCUT2D eigenvalue weighted by Gasteiger charge is -2.06. The van der Waals surface area contributed by atoms with Crippen LogP contribution in [0.15, 0.2) is 41.4 Å². The first-order valence-corrected chi connectivity index (χ1v) is 7.71. The Labute approximate surface area is 134 Å². The minimum Gasteiger partial charge on any atom is -0.493 e. The van der Waals surface area contributed by atoms with E-state index in [-0.39, 0.29) is 0 Å². The van der Waals surface area contributed by atoms with Crippen LogP contribution in [0.4, 0.5) is 5.69 Å². The van der Waals surface area contributed by atoms with Crippen molar-refractivity contribution in [2.24, 2.45) is 4.99 Å². The van der Waals surface area contributed by atoms with Crippen LogP contribution < -0.4 is 4.74 Å². The number of benzene rings is 2. The third-order valence-electron chi connectivity index (χ3n) is 2.96. The van der Waals surface area contributed by atoms with Gasteiger partial charge in [0.25, 0.3) is 0 Å². The first kappa shape index (κ1) is 15.0. The molecule has 2 nitrogen and oxygen atoms in total. The molecule has 0 aliphatic heterocycles. The number of hydrogen-bond acceptors (Lipinski definition) is 2. The Morgan fingerprint density at radius 3 is 2.60 bits per heavy atom. The SMILES string of the molecule is CCOc1ccc(C=Nc2ccc(C)cc2C)cc1I. The lowest BCUT2D eigenvalue weighted by Crippen LogP contribution is -1.94. The summed E-state index contributed by atoms with van der Waals surface area (Å²) < 4.78 is 6.64. The number of halogens is 1. The molecule has 0 radical (unpaired) electrons. The monoisotopic (exact) mass is 379 g/mol. The molecule has 20 heavy (non-hydrogen) atoms. The second-order valence-corrected chi connectivity index (χ2v) is 5.83. The zero-order chi connectivity index (χ0) is 14.5. The molecule has 0 amide bonds. The van der Waals surface area contributed by atoms with Crippen LogP contribution in [0, 0.1) is 17.4 Å². The molecule has 0 atom stereocenters. The van der Waals surface area contributed by atoms with Gasteiger partial charge in [-0.05, 0) is 78.8 Å². The van der Waals surface area contributed by atoms with Gasteiger partial charge in [-0.3, -0.25) is 4.99 Å². The molecule has 2 aromatic carbocycles. The summed E-state index contributed by atoms with van der Waals surface area (Å²) in [6.45, 7) is 6.86. The quantitative estimate of drug-likeness (QED) is 0.538. The largest absolute Gasteiger partial charge is 0.493 e. The molecule has 0 fully saturated rings. The summed E-state index contributed by atoms with van der Waals surface area (Å²) in [6, 6.07) is 12.4. The minimum atomic E-state index is 0.687. The van der Waals surface area contributed by atoms with Crippen molar-refractivity contribution in [1.29, 1.82) is 0 Å². The average Bonchev–Trinajstić information content (AvgIpc) is 2.41. The molecule has 0 bridgehead atoms. The van der Waals surface area contributed by atoms with Gasteiger partial charge in [0.1, 0.15) is 5.75 Å². The van der Waals surface area contributed by atoms with Gasteiger partial charge in [-0.15, -0.1) is 0 Å².